The van der Waals surface area contributed by atoms with Crippen molar-refractivity contribution in [3.63, 3.8) is 0 Å². The number of benzene rings is 2. The monoisotopic (exact) mass is 391 g/mol. The van der Waals surface area contributed by atoms with Crippen LogP contribution in [0.5, 0.6) is 0 Å². The molecule has 0 aliphatic carbocycles. The van der Waals surface area contributed by atoms with Gasteiger partial charge in [-0.15, -0.1) is 0 Å². The van der Waals surface area contributed by atoms with Crippen molar-refractivity contribution >= 4 is 22.6 Å². The highest BCUT2D eigenvalue weighted by molar-refractivity contribution is 5.89. The van der Waals surface area contributed by atoms with Crippen LogP contribution in [0.15, 0.2) is 47.1 Å². The molecule has 1 aliphatic rings. The van der Waals surface area contributed by atoms with Crippen molar-refractivity contribution in [1.29, 1.82) is 0 Å². The molecule has 0 spiro atoms. The van der Waals surface area contributed by atoms with Crippen molar-refractivity contribution in [3.8, 4) is 0 Å². The number of para-hydroxylation sites is 1. The number of carbonyl (C=O) groups excluding carboxylic acids is 1. The Labute approximate surface area is 172 Å². The zero-order chi connectivity index (χ0) is 20.4. The molecule has 1 aliphatic heterocycles. The summed E-state index contributed by atoms with van der Waals surface area (Å²) in [7, 11) is 2.16. The Bertz CT molecular complexity index is 1020. The normalized spacial score (nSPS) is 15.1. The highest BCUT2D eigenvalue weighted by Crippen LogP contribution is 2.27. The van der Waals surface area contributed by atoms with E-state index in [2.05, 4.69) is 60.3 Å². The summed E-state index contributed by atoms with van der Waals surface area (Å²) in [4.78, 5) is 17.4. The van der Waals surface area contributed by atoms with Gasteiger partial charge in [-0.05, 0) is 43.7 Å². The number of furan rings is 1. The van der Waals surface area contributed by atoms with Gasteiger partial charge in [0.15, 0.2) is 0 Å². The minimum atomic E-state index is 0.0131. The van der Waals surface area contributed by atoms with Crippen LogP contribution in [-0.2, 0) is 17.8 Å². The fourth-order valence-electron chi connectivity index (χ4n) is 3.97. The largest absolute Gasteiger partial charge is 0.464 e. The highest BCUT2D eigenvalue weighted by atomic mass is 16.3. The molecule has 1 N–H and O–H groups in total. The number of aryl methyl sites for hydroxylation is 2. The van der Waals surface area contributed by atoms with Crippen molar-refractivity contribution in [3.05, 3.63) is 64.9 Å². The Morgan fingerprint density at radius 3 is 2.59 bits per heavy atom. The number of likely N-dealkylation sites (N-methyl/N-ethyl adjacent to an activating group) is 1. The number of hydrogen-bond acceptors (Lipinski definition) is 4. The molecule has 2 aromatic carbocycles. The van der Waals surface area contributed by atoms with E-state index in [9.17, 15) is 4.79 Å². The van der Waals surface area contributed by atoms with Gasteiger partial charge in [0, 0.05) is 49.4 Å². The standard InChI is InChI=1S/C24H29N3O2/c1-17-8-9-21-20(16-29-24(21)18(17)2)14-23(28)25-15-19-6-4-5-7-22(19)27-12-10-26(3)11-13-27/h4-9,16H,10-15H2,1-3H3,(H,25,28). The number of fused-ring (bicyclic) bond motifs is 1. The molecule has 29 heavy (non-hydrogen) atoms. The molecule has 2 heterocycles. The van der Waals surface area contributed by atoms with Crippen LogP contribution in [-0.4, -0.2) is 44.0 Å². The summed E-state index contributed by atoms with van der Waals surface area (Å²) in [5.74, 6) is 0.0131. The van der Waals surface area contributed by atoms with Gasteiger partial charge in [-0.25, -0.2) is 0 Å². The fourth-order valence-corrected chi connectivity index (χ4v) is 3.97. The predicted molar refractivity (Wildman–Crippen MR) is 117 cm³/mol. The first kappa shape index (κ1) is 19.5. The average molecular weight is 392 g/mol. The maximum Gasteiger partial charge on any atom is 0.224 e. The molecule has 1 amide bonds. The molecule has 1 aromatic heterocycles. The van der Waals surface area contributed by atoms with Crippen LogP contribution in [0.1, 0.15) is 22.3 Å². The predicted octanol–water partition coefficient (Wildman–Crippen LogP) is 3.66. The summed E-state index contributed by atoms with van der Waals surface area (Å²) in [5.41, 5.74) is 6.54. The van der Waals surface area contributed by atoms with Gasteiger partial charge in [-0.3, -0.25) is 4.79 Å². The van der Waals surface area contributed by atoms with Gasteiger partial charge in [-0.1, -0.05) is 30.3 Å². The molecule has 1 fully saturated rings. The summed E-state index contributed by atoms with van der Waals surface area (Å²) in [6.45, 7) is 8.82. The quantitative estimate of drug-likeness (QED) is 0.721. The summed E-state index contributed by atoms with van der Waals surface area (Å²) in [6, 6.07) is 12.5. The second kappa shape index (κ2) is 8.29. The summed E-state index contributed by atoms with van der Waals surface area (Å²) in [5, 5.41) is 4.13. The van der Waals surface area contributed by atoms with E-state index in [0.29, 0.717) is 13.0 Å². The topological polar surface area (TPSA) is 48.7 Å². The zero-order valence-corrected chi connectivity index (χ0v) is 17.5. The second-order valence-corrected chi connectivity index (χ2v) is 8.02. The van der Waals surface area contributed by atoms with Gasteiger partial charge in [0.1, 0.15) is 5.58 Å². The van der Waals surface area contributed by atoms with E-state index in [1.54, 1.807) is 6.26 Å². The number of amides is 1. The van der Waals surface area contributed by atoms with E-state index in [4.69, 9.17) is 4.42 Å². The van der Waals surface area contributed by atoms with Crippen molar-refractivity contribution in [1.82, 2.24) is 10.2 Å². The number of hydrogen-bond donors (Lipinski definition) is 1. The molecule has 4 rings (SSSR count). The molecule has 0 unspecified atom stereocenters. The second-order valence-electron chi connectivity index (χ2n) is 8.02. The van der Waals surface area contributed by atoms with Gasteiger partial charge in [-0.2, -0.15) is 0 Å². The van der Waals surface area contributed by atoms with Gasteiger partial charge in [0.25, 0.3) is 0 Å². The van der Waals surface area contributed by atoms with E-state index in [0.717, 1.165) is 53.8 Å². The molecule has 0 bridgehead atoms. The third kappa shape index (κ3) is 4.15. The van der Waals surface area contributed by atoms with Crippen LogP contribution < -0.4 is 10.2 Å². The minimum Gasteiger partial charge on any atom is -0.464 e. The van der Waals surface area contributed by atoms with Crippen molar-refractivity contribution in [2.24, 2.45) is 0 Å². The van der Waals surface area contributed by atoms with Gasteiger partial charge in [0.2, 0.25) is 5.91 Å². The average Bonchev–Trinajstić information content (AvgIpc) is 3.13. The van der Waals surface area contributed by atoms with Crippen LogP contribution in [0.3, 0.4) is 0 Å². The van der Waals surface area contributed by atoms with Gasteiger partial charge in [0.05, 0.1) is 12.7 Å². The zero-order valence-electron chi connectivity index (χ0n) is 17.5. The van der Waals surface area contributed by atoms with Crippen molar-refractivity contribution < 1.29 is 9.21 Å². The smallest absolute Gasteiger partial charge is 0.224 e. The molecule has 0 atom stereocenters. The van der Waals surface area contributed by atoms with E-state index in [-0.39, 0.29) is 5.91 Å². The summed E-state index contributed by atoms with van der Waals surface area (Å²) < 4.78 is 5.74. The van der Waals surface area contributed by atoms with E-state index >= 15 is 0 Å². The lowest BCUT2D eigenvalue weighted by Gasteiger charge is -2.35. The molecule has 152 valence electrons. The van der Waals surface area contributed by atoms with E-state index in [1.807, 2.05) is 12.1 Å². The number of rotatable bonds is 5. The fraction of sp³-hybridized carbons (Fsp3) is 0.375. The first-order valence-electron chi connectivity index (χ1n) is 10.3. The lowest BCUT2D eigenvalue weighted by Crippen LogP contribution is -2.45. The van der Waals surface area contributed by atoms with Crippen molar-refractivity contribution in [2.75, 3.05) is 38.1 Å². The molecule has 1 saturated heterocycles. The summed E-state index contributed by atoms with van der Waals surface area (Å²) in [6.07, 6.45) is 2.04. The number of nitrogens with zero attached hydrogens (tertiary/aromatic N) is 2. The van der Waals surface area contributed by atoms with E-state index < -0.39 is 0 Å². The SMILES string of the molecule is Cc1ccc2c(CC(=O)NCc3ccccc3N3CCN(C)CC3)coc2c1C. The number of anilines is 1. The Kier molecular flexibility index (Phi) is 5.58. The first-order valence-corrected chi connectivity index (χ1v) is 10.3. The third-order valence-electron chi connectivity index (χ3n) is 6.00. The summed E-state index contributed by atoms with van der Waals surface area (Å²) >= 11 is 0. The Morgan fingerprint density at radius 2 is 1.79 bits per heavy atom. The Hall–Kier alpha value is -2.79. The lowest BCUT2D eigenvalue weighted by atomic mass is 10.0. The lowest BCUT2D eigenvalue weighted by molar-refractivity contribution is -0.120. The number of carbonyl (C=O) groups is 1. The molecule has 5 heteroatoms. The van der Waals surface area contributed by atoms with Gasteiger partial charge >= 0.3 is 0 Å². The van der Waals surface area contributed by atoms with E-state index in [1.165, 1.54) is 11.3 Å². The van der Waals surface area contributed by atoms with Crippen LogP contribution >= 0.6 is 0 Å². The van der Waals surface area contributed by atoms with Gasteiger partial charge < -0.3 is 19.5 Å². The highest BCUT2D eigenvalue weighted by Gasteiger charge is 2.17. The van der Waals surface area contributed by atoms with Crippen LogP contribution in [0.2, 0.25) is 0 Å². The molecule has 0 radical (unpaired) electrons. The third-order valence-corrected chi connectivity index (χ3v) is 6.00. The molecular weight excluding hydrogens is 362 g/mol. The molecular formula is C24H29N3O2. The van der Waals surface area contributed by atoms with Crippen LogP contribution in [0.4, 0.5) is 5.69 Å². The van der Waals surface area contributed by atoms with Crippen molar-refractivity contribution in [2.45, 2.75) is 26.8 Å². The Morgan fingerprint density at radius 1 is 1.03 bits per heavy atom. The van der Waals surface area contributed by atoms with Crippen LogP contribution in [0.25, 0.3) is 11.0 Å². The minimum absolute atomic E-state index is 0.0131. The maximum atomic E-state index is 12.6. The molecule has 0 saturated carbocycles. The van der Waals surface area contributed by atoms with Crippen LogP contribution in [0, 0.1) is 13.8 Å². The maximum absolute atomic E-state index is 12.6. The molecule has 3 aromatic rings. The number of nitrogens with one attached hydrogen (secondary N) is 1. The Balaban J connectivity index is 1.43. The molecule has 5 nitrogen and oxygen atoms in total. The first-order chi connectivity index (χ1) is 14.0. The number of piperazine rings is 1.